The predicted molar refractivity (Wildman–Crippen MR) is 100 cm³/mol. The Kier molecular flexibility index (Phi) is 4.98. The van der Waals surface area contributed by atoms with Crippen molar-refractivity contribution in [1.82, 2.24) is 19.4 Å². The predicted octanol–water partition coefficient (Wildman–Crippen LogP) is 0.000840. The lowest BCUT2D eigenvalue weighted by molar-refractivity contribution is 0.122. The topological polar surface area (TPSA) is 122 Å². The molecule has 2 aliphatic heterocycles. The third-order valence-corrected chi connectivity index (χ3v) is 7.32. The Balaban J connectivity index is 1.62. The van der Waals surface area contributed by atoms with Gasteiger partial charge in [-0.3, -0.25) is 9.78 Å². The van der Waals surface area contributed by atoms with E-state index in [9.17, 15) is 13.2 Å². The van der Waals surface area contributed by atoms with E-state index in [2.05, 4.69) is 15.1 Å². The summed E-state index contributed by atoms with van der Waals surface area (Å²) in [6.45, 7) is 6.15. The number of nitrogens with one attached hydrogen (secondary N) is 1. The highest BCUT2D eigenvalue weighted by Gasteiger charge is 2.33. The fourth-order valence-electron chi connectivity index (χ4n) is 3.71. The minimum absolute atomic E-state index is 0.106. The molecule has 1 N–H and O–H groups in total. The molecule has 10 nitrogen and oxygen atoms in total. The molecule has 2 aromatic heterocycles. The summed E-state index contributed by atoms with van der Waals surface area (Å²) < 4.78 is 37.9. The fraction of sp³-hybridized carbons (Fsp3) is 0.588. The number of rotatable bonds is 3. The third kappa shape index (κ3) is 3.33. The van der Waals surface area contributed by atoms with E-state index >= 15 is 0 Å². The molecule has 2 aliphatic rings. The van der Waals surface area contributed by atoms with Crippen LogP contribution in [0.2, 0.25) is 0 Å². The van der Waals surface area contributed by atoms with Gasteiger partial charge in [0.15, 0.2) is 5.76 Å². The second-order valence-corrected chi connectivity index (χ2v) is 8.85. The Bertz CT molecular complexity index is 1020. The molecule has 4 heterocycles. The number of fused-ring (bicyclic) bond motifs is 1. The molecule has 1 fully saturated rings. The number of nitrogens with zero attached hydrogens (tertiary/aromatic N) is 4. The summed E-state index contributed by atoms with van der Waals surface area (Å²) in [6, 6.07) is 0. The average molecular weight is 409 g/mol. The number of aromatic nitrogens is 3. The van der Waals surface area contributed by atoms with Gasteiger partial charge in [0.25, 0.3) is 5.56 Å². The summed E-state index contributed by atoms with van der Waals surface area (Å²) in [7, 11) is -3.75. The second kappa shape index (κ2) is 7.30. The molecule has 0 spiro atoms. The van der Waals surface area contributed by atoms with Crippen molar-refractivity contribution in [1.29, 1.82) is 0 Å². The van der Waals surface area contributed by atoms with E-state index in [1.807, 2.05) is 4.90 Å². The van der Waals surface area contributed by atoms with Gasteiger partial charge in [-0.25, -0.2) is 13.4 Å². The van der Waals surface area contributed by atoms with E-state index in [4.69, 9.17) is 9.26 Å². The van der Waals surface area contributed by atoms with Crippen molar-refractivity contribution in [2.45, 2.75) is 31.6 Å². The van der Waals surface area contributed by atoms with Crippen LogP contribution >= 0.6 is 0 Å². The first-order valence-electron chi connectivity index (χ1n) is 9.25. The molecule has 2 aromatic rings. The van der Waals surface area contributed by atoms with Crippen LogP contribution in [0.25, 0.3) is 0 Å². The minimum atomic E-state index is -3.75. The lowest BCUT2D eigenvalue weighted by Crippen LogP contribution is -2.38. The molecular weight excluding hydrogens is 386 g/mol. The van der Waals surface area contributed by atoms with Crippen molar-refractivity contribution in [3.63, 3.8) is 0 Å². The number of aryl methyl sites for hydroxylation is 2. The second-order valence-electron chi connectivity index (χ2n) is 6.97. The third-order valence-electron chi connectivity index (χ3n) is 5.17. The van der Waals surface area contributed by atoms with Crippen molar-refractivity contribution >= 4 is 16.0 Å². The quantitative estimate of drug-likeness (QED) is 0.752. The Labute approximate surface area is 162 Å². The molecular formula is C17H23N5O5S. The highest BCUT2D eigenvalue weighted by molar-refractivity contribution is 7.89. The molecule has 0 bridgehead atoms. The van der Waals surface area contributed by atoms with Gasteiger partial charge in [0, 0.05) is 38.2 Å². The van der Waals surface area contributed by atoms with E-state index in [0.29, 0.717) is 62.0 Å². The Morgan fingerprint density at radius 1 is 1.07 bits per heavy atom. The number of H-pyrrole nitrogens is 1. The van der Waals surface area contributed by atoms with Crippen molar-refractivity contribution in [2.24, 2.45) is 0 Å². The highest BCUT2D eigenvalue weighted by atomic mass is 32.2. The summed E-state index contributed by atoms with van der Waals surface area (Å²) in [4.78, 5) is 22.2. The fourth-order valence-corrected chi connectivity index (χ4v) is 5.44. The van der Waals surface area contributed by atoms with Gasteiger partial charge in [0.1, 0.15) is 10.6 Å². The van der Waals surface area contributed by atoms with Gasteiger partial charge in [0.2, 0.25) is 16.0 Å². The van der Waals surface area contributed by atoms with E-state index in [0.717, 1.165) is 0 Å². The Hall–Kier alpha value is -2.24. The Morgan fingerprint density at radius 3 is 2.46 bits per heavy atom. The Morgan fingerprint density at radius 2 is 1.79 bits per heavy atom. The lowest BCUT2D eigenvalue weighted by Gasteiger charge is -2.27. The van der Waals surface area contributed by atoms with Crippen LogP contribution in [0.1, 0.15) is 22.7 Å². The van der Waals surface area contributed by atoms with Crippen LogP contribution in [0.4, 0.5) is 5.95 Å². The minimum Gasteiger partial charge on any atom is -0.378 e. The van der Waals surface area contributed by atoms with Gasteiger partial charge in [-0.2, -0.15) is 4.31 Å². The van der Waals surface area contributed by atoms with Gasteiger partial charge in [0.05, 0.1) is 18.9 Å². The number of aromatic amines is 1. The summed E-state index contributed by atoms with van der Waals surface area (Å²) >= 11 is 0. The number of hydrogen-bond donors (Lipinski definition) is 1. The van der Waals surface area contributed by atoms with Crippen LogP contribution < -0.4 is 10.5 Å². The summed E-state index contributed by atoms with van der Waals surface area (Å²) in [5.74, 6) is 0.791. The molecule has 0 atom stereocenters. The number of sulfonamides is 1. The molecule has 4 rings (SSSR count). The van der Waals surface area contributed by atoms with Gasteiger partial charge < -0.3 is 14.2 Å². The molecule has 152 valence electrons. The molecule has 0 aromatic carbocycles. The molecule has 11 heteroatoms. The van der Waals surface area contributed by atoms with E-state index < -0.39 is 10.0 Å². The van der Waals surface area contributed by atoms with Crippen LogP contribution in [0.3, 0.4) is 0 Å². The first kappa shape index (κ1) is 19.1. The zero-order valence-corrected chi connectivity index (χ0v) is 16.7. The van der Waals surface area contributed by atoms with Crippen LogP contribution in [-0.2, 0) is 27.6 Å². The summed E-state index contributed by atoms with van der Waals surface area (Å²) in [5, 5.41) is 3.75. The van der Waals surface area contributed by atoms with Crippen molar-refractivity contribution in [3.8, 4) is 0 Å². The maximum absolute atomic E-state index is 13.1. The average Bonchev–Trinajstić information content (AvgIpc) is 2.89. The van der Waals surface area contributed by atoms with Crippen LogP contribution in [-0.4, -0.2) is 67.2 Å². The van der Waals surface area contributed by atoms with Gasteiger partial charge >= 0.3 is 0 Å². The van der Waals surface area contributed by atoms with Crippen LogP contribution in [0.5, 0.6) is 0 Å². The molecule has 0 aliphatic carbocycles. The number of anilines is 1. The number of hydrogen-bond acceptors (Lipinski definition) is 8. The normalized spacial score (nSPS) is 18.7. The van der Waals surface area contributed by atoms with Gasteiger partial charge in [-0.1, -0.05) is 5.16 Å². The maximum atomic E-state index is 13.1. The first-order valence-corrected chi connectivity index (χ1v) is 10.7. The van der Waals surface area contributed by atoms with Crippen molar-refractivity contribution < 1.29 is 17.7 Å². The largest absolute Gasteiger partial charge is 0.378 e. The molecule has 0 radical (unpaired) electrons. The molecule has 0 amide bonds. The van der Waals surface area contributed by atoms with Crippen LogP contribution in [0, 0.1) is 13.8 Å². The van der Waals surface area contributed by atoms with E-state index in [1.54, 1.807) is 13.8 Å². The maximum Gasteiger partial charge on any atom is 0.255 e. The molecule has 0 unspecified atom stereocenters. The monoisotopic (exact) mass is 409 g/mol. The number of ether oxygens (including phenoxy) is 1. The first-order chi connectivity index (χ1) is 13.4. The standard InChI is InChI=1S/C17H23N5O5S/c1-11-15(12(2)27-20-11)28(24,25)22-5-3-13-14(4-6-22)18-17(19-16(13)23)21-7-9-26-10-8-21/h3-10H2,1-2H3,(H,18,19,23). The van der Waals surface area contributed by atoms with Crippen molar-refractivity contribution in [2.75, 3.05) is 44.3 Å². The molecule has 0 saturated carbocycles. The summed E-state index contributed by atoms with van der Waals surface area (Å²) in [5.41, 5.74) is 1.34. The number of morpholine rings is 1. The van der Waals surface area contributed by atoms with E-state index in [-0.39, 0.29) is 29.3 Å². The zero-order chi connectivity index (χ0) is 19.9. The highest BCUT2D eigenvalue weighted by Crippen LogP contribution is 2.25. The van der Waals surface area contributed by atoms with Crippen molar-refractivity contribution in [3.05, 3.63) is 33.1 Å². The molecule has 1 saturated heterocycles. The zero-order valence-electron chi connectivity index (χ0n) is 15.9. The van der Waals surface area contributed by atoms with Gasteiger partial charge in [-0.05, 0) is 20.3 Å². The van der Waals surface area contributed by atoms with Gasteiger partial charge in [-0.15, -0.1) is 0 Å². The smallest absolute Gasteiger partial charge is 0.255 e. The lowest BCUT2D eigenvalue weighted by atomic mass is 10.1. The van der Waals surface area contributed by atoms with E-state index in [1.165, 1.54) is 4.31 Å². The summed E-state index contributed by atoms with van der Waals surface area (Å²) in [6.07, 6.45) is 0.683. The SMILES string of the molecule is Cc1noc(C)c1S(=O)(=O)N1CCc2nc(N3CCOCC3)[nH]c(=O)c2CC1. The van der Waals surface area contributed by atoms with Crippen LogP contribution in [0.15, 0.2) is 14.2 Å². The molecule has 28 heavy (non-hydrogen) atoms.